The molecule has 0 N–H and O–H groups in total. The Bertz CT molecular complexity index is 699. The molecule has 2 aromatic carbocycles. The molecule has 0 aliphatic carbocycles. The predicted molar refractivity (Wildman–Crippen MR) is 73.7 cm³/mol. The lowest BCUT2D eigenvalue weighted by molar-refractivity contribution is 0.627. The third-order valence-corrected chi connectivity index (χ3v) is 3.13. The summed E-state index contributed by atoms with van der Waals surface area (Å²) in [7, 11) is 0. The number of nitrogens with zero attached hydrogens (tertiary/aromatic N) is 2. The lowest BCUT2D eigenvalue weighted by atomic mass is 10.0. The van der Waals surface area contributed by atoms with Crippen molar-refractivity contribution >= 4 is 0 Å². The molecule has 3 heteroatoms. The van der Waals surface area contributed by atoms with E-state index >= 15 is 0 Å². The number of aromatic nitrogens is 2. The largest absolute Gasteiger partial charge is 0.240 e. The Morgan fingerprint density at radius 3 is 2.47 bits per heavy atom. The molecule has 0 atom stereocenters. The average Bonchev–Trinajstić information content (AvgIpc) is 2.89. The molecule has 0 saturated heterocycles. The Hall–Kier alpha value is -2.42. The Morgan fingerprint density at radius 2 is 1.74 bits per heavy atom. The van der Waals surface area contributed by atoms with Gasteiger partial charge in [-0.25, -0.2) is 9.07 Å². The van der Waals surface area contributed by atoms with Crippen molar-refractivity contribution in [2.75, 3.05) is 0 Å². The Kier molecular flexibility index (Phi) is 2.88. The van der Waals surface area contributed by atoms with Crippen molar-refractivity contribution in [3.8, 4) is 16.8 Å². The molecule has 3 rings (SSSR count). The molecule has 0 saturated carbocycles. The average molecular weight is 252 g/mol. The van der Waals surface area contributed by atoms with Crippen molar-refractivity contribution in [3.05, 3.63) is 72.3 Å². The molecular formula is C16H13FN2. The second-order valence-corrected chi connectivity index (χ2v) is 4.46. The topological polar surface area (TPSA) is 17.8 Å². The highest BCUT2D eigenvalue weighted by molar-refractivity contribution is 5.66. The number of rotatable bonds is 2. The summed E-state index contributed by atoms with van der Waals surface area (Å²) in [4.78, 5) is 0. The molecule has 0 radical (unpaired) electrons. The van der Waals surface area contributed by atoms with Gasteiger partial charge in [0.25, 0.3) is 0 Å². The molecule has 0 aliphatic rings. The van der Waals surface area contributed by atoms with Crippen LogP contribution in [0.5, 0.6) is 0 Å². The number of halogens is 1. The van der Waals surface area contributed by atoms with Crippen LogP contribution >= 0.6 is 0 Å². The molecule has 0 bridgehead atoms. The van der Waals surface area contributed by atoms with Crippen molar-refractivity contribution in [2.24, 2.45) is 0 Å². The maximum atomic E-state index is 12.9. The standard InChI is InChI=1S/C16H13FN2/c1-12-4-2-3-5-16(12)13-10-18-19(11-13)15-8-6-14(17)7-9-15/h2-11H,1H3. The van der Waals surface area contributed by atoms with Gasteiger partial charge in [0.05, 0.1) is 11.9 Å². The molecule has 0 unspecified atom stereocenters. The van der Waals surface area contributed by atoms with Gasteiger partial charge in [0, 0.05) is 11.8 Å². The van der Waals surface area contributed by atoms with Gasteiger partial charge in [0.1, 0.15) is 5.82 Å². The number of benzene rings is 2. The zero-order valence-electron chi connectivity index (χ0n) is 10.5. The minimum absolute atomic E-state index is 0.241. The molecular weight excluding hydrogens is 239 g/mol. The zero-order valence-corrected chi connectivity index (χ0v) is 10.5. The molecule has 94 valence electrons. The highest BCUT2D eigenvalue weighted by Crippen LogP contribution is 2.23. The molecule has 0 amide bonds. The summed E-state index contributed by atoms with van der Waals surface area (Å²) < 4.78 is 14.6. The first kappa shape index (κ1) is 11.7. The molecule has 19 heavy (non-hydrogen) atoms. The van der Waals surface area contributed by atoms with Gasteiger partial charge in [0.2, 0.25) is 0 Å². The van der Waals surface area contributed by atoms with Crippen LogP contribution in [0.25, 0.3) is 16.8 Å². The van der Waals surface area contributed by atoms with E-state index in [4.69, 9.17) is 0 Å². The van der Waals surface area contributed by atoms with E-state index in [1.807, 2.05) is 24.5 Å². The first-order valence-corrected chi connectivity index (χ1v) is 6.11. The number of hydrogen-bond acceptors (Lipinski definition) is 1. The van der Waals surface area contributed by atoms with Crippen molar-refractivity contribution < 1.29 is 4.39 Å². The van der Waals surface area contributed by atoms with Crippen LogP contribution in [0.4, 0.5) is 4.39 Å². The van der Waals surface area contributed by atoms with Crippen LogP contribution in [0.1, 0.15) is 5.56 Å². The molecule has 3 aromatic rings. The van der Waals surface area contributed by atoms with Crippen molar-refractivity contribution in [1.29, 1.82) is 0 Å². The van der Waals surface area contributed by atoms with Gasteiger partial charge < -0.3 is 0 Å². The monoisotopic (exact) mass is 252 g/mol. The Morgan fingerprint density at radius 1 is 1.00 bits per heavy atom. The van der Waals surface area contributed by atoms with Crippen LogP contribution in [0.15, 0.2) is 60.9 Å². The van der Waals surface area contributed by atoms with E-state index in [9.17, 15) is 4.39 Å². The maximum Gasteiger partial charge on any atom is 0.123 e. The second-order valence-electron chi connectivity index (χ2n) is 4.46. The lowest BCUT2D eigenvalue weighted by Crippen LogP contribution is -1.93. The van der Waals surface area contributed by atoms with Gasteiger partial charge in [-0.05, 0) is 42.3 Å². The van der Waals surface area contributed by atoms with E-state index in [1.54, 1.807) is 16.8 Å². The summed E-state index contributed by atoms with van der Waals surface area (Å²) in [6, 6.07) is 14.5. The van der Waals surface area contributed by atoms with Crippen molar-refractivity contribution in [3.63, 3.8) is 0 Å². The minimum atomic E-state index is -0.241. The van der Waals surface area contributed by atoms with Gasteiger partial charge >= 0.3 is 0 Å². The minimum Gasteiger partial charge on any atom is -0.240 e. The van der Waals surface area contributed by atoms with Gasteiger partial charge in [-0.2, -0.15) is 5.10 Å². The fraction of sp³-hybridized carbons (Fsp3) is 0.0625. The fourth-order valence-electron chi connectivity index (χ4n) is 2.09. The van der Waals surface area contributed by atoms with E-state index < -0.39 is 0 Å². The number of aryl methyl sites for hydroxylation is 1. The quantitative estimate of drug-likeness (QED) is 0.674. The first-order chi connectivity index (χ1) is 9.24. The molecule has 0 fully saturated rings. The summed E-state index contributed by atoms with van der Waals surface area (Å²) in [6.07, 6.45) is 3.78. The van der Waals surface area contributed by atoms with Crippen LogP contribution in [0.3, 0.4) is 0 Å². The molecule has 1 heterocycles. The maximum absolute atomic E-state index is 12.9. The lowest BCUT2D eigenvalue weighted by Gasteiger charge is -2.02. The Labute approximate surface area is 111 Å². The molecule has 2 nitrogen and oxygen atoms in total. The van der Waals surface area contributed by atoms with E-state index in [2.05, 4.69) is 24.2 Å². The normalized spacial score (nSPS) is 10.6. The fourth-order valence-corrected chi connectivity index (χ4v) is 2.09. The van der Waals surface area contributed by atoms with Gasteiger partial charge in [-0.1, -0.05) is 24.3 Å². The predicted octanol–water partition coefficient (Wildman–Crippen LogP) is 3.99. The molecule has 0 spiro atoms. The summed E-state index contributed by atoms with van der Waals surface area (Å²) >= 11 is 0. The molecule has 1 aromatic heterocycles. The Balaban J connectivity index is 2.00. The van der Waals surface area contributed by atoms with Crippen LogP contribution in [-0.2, 0) is 0 Å². The second kappa shape index (κ2) is 4.69. The molecule has 0 aliphatic heterocycles. The first-order valence-electron chi connectivity index (χ1n) is 6.11. The van der Waals surface area contributed by atoms with Gasteiger partial charge in [-0.15, -0.1) is 0 Å². The van der Waals surface area contributed by atoms with Crippen LogP contribution in [0.2, 0.25) is 0 Å². The van der Waals surface area contributed by atoms with E-state index in [-0.39, 0.29) is 5.82 Å². The SMILES string of the molecule is Cc1ccccc1-c1cnn(-c2ccc(F)cc2)c1. The highest BCUT2D eigenvalue weighted by atomic mass is 19.1. The van der Waals surface area contributed by atoms with Gasteiger partial charge in [0.15, 0.2) is 0 Å². The van der Waals surface area contributed by atoms with Crippen molar-refractivity contribution in [2.45, 2.75) is 6.92 Å². The van der Waals surface area contributed by atoms with E-state index in [0.717, 1.165) is 16.8 Å². The van der Waals surface area contributed by atoms with Crippen LogP contribution in [-0.4, -0.2) is 9.78 Å². The highest BCUT2D eigenvalue weighted by Gasteiger charge is 2.05. The van der Waals surface area contributed by atoms with E-state index in [1.165, 1.54) is 17.7 Å². The summed E-state index contributed by atoms with van der Waals surface area (Å²) in [6.45, 7) is 2.07. The smallest absolute Gasteiger partial charge is 0.123 e. The third kappa shape index (κ3) is 2.27. The third-order valence-electron chi connectivity index (χ3n) is 3.13. The van der Waals surface area contributed by atoms with E-state index in [0.29, 0.717) is 0 Å². The summed E-state index contributed by atoms with van der Waals surface area (Å²) in [5, 5.41) is 4.33. The van der Waals surface area contributed by atoms with Crippen molar-refractivity contribution in [1.82, 2.24) is 9.78 Å². The summed E-state index contributed by atoms with van der Waals surface area (Å²) in [5.41, 5.74) is 4.28. The number of hydrogen-bond donors (Lipinski definition) is 0. The van der Waals surface area contributed by atoms with Gasteiger partial charge in [-0.3, -0.25) is 0 Å². The van der Waals surface area contributed by atoms with Crippen LogP contribution < -0.4 is 0 Å². The van der Waals surface area contributed by atoms with Crippen LogP contribution in [0, 0.1) is 12.7 Å². The summed E-state index contributed by atoms with van der Waals surface area (Å²) in [5.74, 6) is -0.241. The zero-order chi connectivity index (χ0) is 13.2.